The first-order valence-electron chi connectivity index (χ1n) is 5.79. The fourth-order valence-corrected chi connectivity index (χ4v) is 1.59. The number of nitrogens with zero attached hydrogens (tertiary/aromatic N) is 3. The Bertz CT molecular complexity index is 626. The van der Waals surface area contributed by atoms with E-state index in [2.05, 4.69) is 9.97 Å². The number of benzene rings is 1. The lowest BCUT2D eigenvalue weighted by molar-refractivity contribution is 0.0821. The zero-order valence-corrected chi connectivity index (χ0v) is 11.0. The summed E-state index contributed by atoms with van der Waals surface area (Å²) in [5.74, 6) is -0.537. The number of hydrogen-bond donors (Lipinski definition) is 0. The molecule has 0 N–H and O–H groups in total. The van der Waals surface area contributed by atoms with Gasteiger partial charge in [-0.25, -0.2) is 9.37 Å². The van der Waals surface area contributed by atoms with Gasteiger partial charge in [-0.2, -0.15) is 0 Å². The number of carbonyl (C=O) groups excluding carboxylic acids is 1. The molecule has 1 heterocycles. The van der Waals surface area contributed by atoms with Crippen molar-refractivity contribution in [3.8, 4) is 11.3 Å². The van der Waals surface area contributed by atoms with Crippen molar-refractivity contribution in [3.05, 3.63) is 47.7 Å². The van der Waals surface area contributed by atoms with E-state index < -0.39 is 0 Å². The second-order valence-electron chi connectivity index (χ2n) is 4.45. The predicted octanol–water partition coefficient (Wildman–Crippen LogP) is 2.29. The van der Waals surface area contributed by atoms with Gasteiger partial charge in [-0.15, -0.1) is 0 Å². The van der Waals surface area contributed by atoms with Crippen LogP contribution in [0.4, 0.5) is 4.39 Å². The summed E-state index contributed by atoms with van der Waals surface area (Å²) in [6, 6.07) is 4.82. The molecule has 1 amide bonds. The normalized spacial score (nSPS) is 10.3. The first-order valence-corrected chi connectivity index (χ1v) is 5.79. The zero-order valence-electron chi connectivity index (χ0n) is 11.0. The Labute approximate surface area is 110 Å². The van der Waals surface area contributed by atoms with Gasteiger partial charge in [0.05, 0.1) is 18.1 Å². The SMILES string of the molecule is Cc1ccc(-c2cncc(C(=O)N(C)C)n2)cc1F. The lowest BCUT2D eigenvalue weighted by Gasteiger charge is -2.10. The number of aromatic nitrogens is 2. The molecular formula is C14H14FN3O. The molecule has 0 saturated heterocycles. The highest BCUT2D eigenvalue weighted by molar-refractivity contribution is 5.92. The summed E-state index contributed by atoms with van der Waals surface area (Å²) in [6.07, 6.45) is 2.91. The summed E-state index contributed by atoms with van der Waals surface area (Å²) < 4.78 is 13.5. The molecule has 0 aliphatic carbocycles. The van der Waals surface area contributed by atoms with Gasteiger partial charge in [0.1, 0.15) is 11.5 Å². The summed E-state index contributed by atoms with van der Waals surface area (Å²) in [5, 5.41) is 0. The van der Waals surface area contributed by atoms with E-state index in [0.29, 0.717) is 16.8 Å². The number of hydrogen-bond acceptors (Lipinski definition) is 3. The van der Waals surface area contributed by atoms with Crippen molar-refractivity contribution in [1.82, 2.24) is 14.9 Å². The highest BCUT2D eigenvalue weighted by Crippen LogP contribution is 2.19. The maximum atomic E-state index is 13.5. The smallest absolute Gasteiger partial charge is 0.273 e. The Morgan fingerprint density at radius 1 is 1.26 bits per heavy atom. The summed E-state index contributed by atoms with van der Waals surface area (Å²) in [4.78, 5) is 21.4. The number of rotatable bonds is 2. The predicted molar refractivity (Wildman–Crippen MR) is 70.2 cm³/mol. The molecule has 0 unspecified atom stereocenters. The van der Waals surface area contributed by atoms with Gasteiger partial charge in [-0.3, -0.25) is 9.78 Å². The first-order chi connectivity index (χ1) is 8.99. The van der Waals surface area contributed by atoms with Gasteiger partial charge in [-0.05, 0) is 18.6 Å². The van der Waals surface area contributed by atoms with E-state index in [0.717, 1.165) is 0 Å². The highest BCUT2D eigenvalue weighted by Gasteiger charge is 2.12. The van der Waals surface area contributed by atoms with Crippen molar-refractivity contribution < 1.29 is 9.18 Å². The van der Waals surface area contributed by atoms with Crippen molar-refractivity contribution in [2.75, 3.05) is 14.1 Å². The van der Waals surface area contributed by atoms with Gasteiger partial charge in [0, 0.05) is 19.7 Å². The molecule has 1 aromatic heterocycles. The quantitative estimate of drug-likeness (QED) is 0.831. The van der Waals surface area contributed by atoms with E-state index in [1.807, 2.05) is 0 Å². The molecule has 0 radical (unpaired) electrons. The molecule has 0 aliphatic rings. The monoisotopic (exact) mass is 259 g/mol. The second-order valence-corrected chi connectivity index (χ2v) is 4.45. The molecular weight excluding hydrogens is 245 g/mol. The lowest BCUT2D eigenvalue weighted by Crippen LogP contribution is -2.23. The number of carbonyl (C=O) groups is 1. The summed E-state index contributed by atoms with van der Waals surface area (Å²) in [6.45, 7) is 1.69. The van der Waals surface area contributed by atoms with Gasteiger partial charge in [0.2, 0.25) is 0 Å². The van der Waals surface area contributed by atoms with E-state index in [-0.39, 0.29) is 17.4 Å². The third-order valence-electron chi connectivity index (χ3n) is 2.73. The Kier molecular flexibility index (Phi) is 3.55. The number of amides is 1. The van der Waals surface area contributed by atoms with E-state index in [9.17, 15) is 9.18 Å². The van der Waals surface area contributed by atoms with Crippen molar-refractivity contribution in [3.63, 3.8) is 0 Å². The number of aryl methyl sites for hydroxylation is 1. The molecule has 0 fully saturated rings. The summed E-state index contributed by atoms with van der Waals surface area (Å²) in [5.41, 5.74) is 1.89. The van der Waals surface area contributed by atoms with Crippen LogP contribution in [-0.2, 0) is 0 Å². The second kappa shape index (κ2) is 5.14. The minimum Gasteiger partial charge on any atom is -0.343 e. The Balaban J connectivity index is 2.43. The average Bonchev–Trinajstić information content (AvgIpc) is 2.41. The fourth-order valence-electron chi connectivity index (χ4n) is 1.59. The third kappa shape index (κ3) is 2.76. The topological polar surface area (TPSA) is 46.1 Å². The van der Waals surface area contributed by atoms with Crippen LogP contribution in [0.2, 0.25) is 0 Å². The van der Waals surface area contributed by atoms with Gasteiger partial charge < -0.3 is 4.90 Å². The van der Waals surface area contributed by atoms with Crippen LogP contribution in [0.5, 0.6) is 0 Å². The van der Waals surface area contributed by atoms with Crippen LogP contribution in [0.1, 0.15) is 16.1 Å². The molecule has 98 valence electrons. The molecule has 1 aromatic carbocycles. The van der Waals surface area contributed by atoms with Crippen LogP contribution in [-0.4, -0.2) is 34.9 Å². The summed E-state index contributed by atoms with van der Waals surface area (Å²) in [7, 11) is 3.28. The Morgan fingerprint density at radius 3 is 2.63 bits per heavy atom. The van der Waals surface area contributed by atoms with Crippen LogP contribution in [0.15, 0.2) is 30.6 Å². The lowest BCUT2D eigenvalue weighted by atomic mass is 10.1. The molecule has 0 bridgehead atoms. The van der Waals surface area contributed by atoms with E-state index in [4.69, 9.17) is 0 Å². The highest BCUT2D eigenvalue weighted by atomic mass is 19.1. The fraction of sp³-hybridized carbons (Fsp3) is 0.214. The minimum absolute atomic E-state index is 0.234. The molecule has 0 atom stereocenters. The van der Waals surface area contributed by atoms with Crippen LogP contribution in [0.25, 0.3) is 11.3 Å². The molecule has 2 aromatic rings. The van der Waals surface area contributed by atoms with Crippen LogP contribution < -0.4 is 0 Å². The van der Waals surface area contributed by atoms with Gasteiger partial charge in [-0.1, -0.05) is 12.1 Å². The molecule has 0 saturated carbocycles. The van der Waals surface area contributed by atoms with Crippen molar-refractivity contribution >= 4 is 5.91 Å². The van der Waals surface area contributed by atoms with E-state index >= 15 is 0 Å². The van der Waals surface area contributed by atoms with Gasteiger partial charge in [0.15, 0.2) is 0 Å². The Hall–Kier alpha value is -2.30. The molecule has 4 nitrogen and oxygen atoms in total. The third-order valence-corrected chi connectivity index (χ3v) is 2.73. The Morgan fingerprint density at radius 2 is 2.00 bits per heavy atom. The van der Waals surface area contributed by atoms with Crippen LogP contribution in [0.3, 0.4) is 0 Å². The minimum atomic E-state index is -0.302. The summed E-state index contributed by atoms with van der Waals surface area (Å²) >= 11 is 0. The standard InChI is InChI=1S/C14H14FN3O/c1-9-4-5-10(6-11(9)15)12-7-16-8-13(17-12)14(19)18(2)3/h4-8H,1-3H3. The average molecular weight is 259 g/mol. The van der Waals surface area contributed by atoms with Gasteiger partial charge in [0.25, 0.3) is 5.91 Å². The maximum absolute atomic E-state index is 13.5. The van der Waals surface area contributed by atoms with E-state index in [1.165, 1.54) is 23.4 Å². The zero-order chi connectivity index (χ0) is 14.0. The van der Waals surface area contributed by atoms with Crippen molar-refractivity contribution in [2.24, 2.45) is 0 Å². The van der Waals surface area contributed by atoms with Gasteiger partial charge >= 0.3 is 0 Å². The van der Waals surface area contributed by atoms with E-state index in [1.54, 1.807) is 33.2 Å². The van der Waals surface area contributed by atoms with Crippen LogP contribution >= 0.6 is 0 Å². The molecule has 0 aliphatic heterocycles. The first kappa shape index (κ1) is 13.1. The molecule has 19 heavy (non-hydrogen) atoms. The van der Waals surface area contributed by atoms with Crippen molar-refractivity contribution in [2.45, 2.75) is 6.92 Å². The molecule has 5 heteroatoms. The molecule has 2 rings (SSSR count). The molecule has 0 spiro atoms. The maximum Gasteiger partial charge on any atom is 0.273 e. The van der Waals surface area contributed by atoms with Crippen LogP contribution in [0, 0.1) is 12.7 Å². The largest absolute Gasteiger partial charge is 0.343 e. The van der Waals surface area contributed by atoms with Crippen molar-refractivity contribution in [1.29, 1.82) is 0 Å². The number of halogens is 1.